The number of hydrogen-bond acceptors (Lipinski definition) is 3. The van der Waals surface area contributed by atoms with E-state index in [1.54, 1.807) is 12.1 Å². The topological polar surface area (TPSA) is 41.6 Å². The number of nitrogens with zero attached hydrogens (tertiary/aromatic N) is 1. The quantitative estimate of drug-likeness (QED) is 0.905. The molecule has 1 fully saturated rings. The summed E-state index contributed by atoms with van der Waals surface area (Å²) >= 11 is 0. The molecule has 0 aromatic heterocycles. The number of hydrogen-bond donors (Lipinski definition) is 1. The lowest BCUT2D eigenvalue weighted by Crippen LogP contribution is -2.43. The Bertz CT molecular complexity index is 394. The summed E-state index contributed by atoms with van der Waals surface area (Å²) in [5.74, 6) is -0.278. The molecule has 2 rings (SSSR count). The van der Waals surface area contributed by atoms with Crippen LogP contribution in [0.5, 0.6) is 0 Å². The molecule has 0 radical (unpaired) electrons. The van der Waals surface area contributed by atoms with Gasteiger partial charge in [0.15, 0.2) is 0 Å². The number of morpholine rings is 1. The Kier molecular flexibility index (Phi) is 6.77. The van der Waals surface area contributed by atoms with Crippen LogP contribution >= 0.6 is 12.4 Å². The molecule has 1 aromatic rings. The zero-order valence-electron chi connectivity index (χ0n) is 10.6. The Morgan fingerprint density at radius 3 is 2.53 bits per heavy atom. The number of ether oxygens (including phenoxy) is 1. The minimum atomic E-state index is -0.265. The van der Waals surface area contributed by atoms with Crippen molar-refractivity contribution >= 4 is 18.3 Å². The average Bonchev–Trinajstić information content (AvgIpc) is 2.39. The molecule has 0 spiro atoms. The van der Waals surface area contributed by atoms with Crippen molar-refractivity contribution in [2.45, 2.75) is 6.54 Å². The first kappa shape index (κ1) is 15.9. The number of carbonyl (C=O) groups is 1. The summed E-state index contributed by atoms with van der Waals surface area (Å²) in [7, 11) is 0. The molecule has 6 heteroatoms. The number of halogens is 2. The normalized spacial score (nSPS) is 15.6. The van der Waals surface area contributed by atoms with Gasteiger partial charge in [-0.15, -0.1) is 12.4 Å². The highest BCUT2D eigenvalue weighted by molar-refractivity contribution is 5.85. The van der Waals surface area contributed by atoms with E-state index in [-0.39, 0.29) is 24.1 Å². The second-order valence-electron chi connectivity index (χ2n) is 4.29. The van der Waals surface area contributed by atoms with Crippen molar-refractivity contribution in [2.75, 3.05) is 32.8 Å². The summed E-state index contributed by atoms with van der Waals surface area (Å²) in [6, 6.07) is 6.13. The SMILES string of the molecule is Cl.O=C(CN1CCOCC1)NCc1ccc(F)cc1. The number of benzene rings is 1. The molecule has 1 N–H and O–H groups in total. The molecule has 1 aliphatic heterocycles. The predicted molar refractivity (Wildman–Crippen MR) is 72.8 cm³/mol. The Hall–Kier alpha value is -1.17. The molecule has 19 heavy (non-hydrogen) atoms. The molecule has 0 unspecified atom stereocenters. The zero-order chi connectivity index (χ0) is 12.8. The predicted octanol–water partition coefficient (Wildman–Crippen LogP) is 1.20. The summed E-state index contributed by atoms with van der Waals surface area (Å²) in [5, 5.41) is 2.82. The van der Waals surface area contributed by atoms with Crippen LogP contribution < -0.4 is 5.32 Å². The molecule has 1 heterocycles. The van der Waals surface area contributed by atoms with E-state index in [9.17, 15) is 9.18 Å². The van der Waals surface area contributed by atoms with Crippen molar-refractivity contribution in [3.63, 3.8) is 0 Å². The summed E-state index contributed by atoms with van der Waals surface area (Å²) in [4.78, 5) is 13.7. The highest BCUT2D eigenvalue weighted by atomic mass is 35.5. The van der Waals surface area contributed by atoms with Crippen molar-refractivity contribution in [3.05, 3.63) is 35.6 Å². The van der Waals surface area contributed by atoms with Crippen molar-refractivity contribution in [1.82, 2.24) is 10.2 Å². The molecule has 1 amide bonds. The van der Waals surface area contributed by atoms with Gasteiger partial charge in [-0.2, -0.15) is 0 Å². The molecular weight excluding hydrogens is 271 g/mol. The van der Waals surface area contributed by atoms with Crippen molar-refractivity contribution in [3.8, 4) is 0 Å². The first-order chi connectivity index (χ1) is 8.74. The second-order valence-corrected chi connectivity index (χ2v) is 4.29. The van der Waals surface area contributed by atoms with Crippen LogP contribution in [0.4, 0.5) is 4.39 Å². The lowest BCUT2D eigenvalue weighted by atomic mass is 10.2. The van der Waals surface area contributed by atoms with Gasteiger partial charge in [-0.3, -0.25) is 9.69 Å². The fraction of sp³-hybridized carbons (Fsp3) is 0.462. The van der Waals surface area contributed by atoms with Crippen molar-refractivity contribution < 1.29 is 13.9 Å². The Balaban J connectivity index is 0.00000180. The van der Waals surface area contributed by atoms with Gasteiger partial charge in [-0.25, -0.2) is 4.39 Å². The first-order valence-electron chi connectivity index (χ1n) is 6.05. The lowest BCUT2D eigenvalue weighted by Gasteiger charge is -2.25. The van der Waals surface area contributed by atoms with Gasteiger partial charge in [0.1, 0.15) is 5.82 Å². The second kappa shape index (κ2) is 8.09. The van der Waals surface area contributed by atoms with Crippen LogP contribution in [-0.2, 0) is 16.1 Å². The van der Waals surface area contributed by atoms with Gasteiger partial charge in [0, 0.05) is 19.6 Å². The van der Waals surface area contributed by atoms with Gasteiger partial charge in [0.2, 0.25) is 5.91 Å². The van der Waals surface area contributed by atoms with Crippen LogP contribution in [0.3, 0.4) is 0 Å². The van der Waals surface area contributed by atoms with Crippen LogP contribution in [0.1, 0.15) is 5.56 Å². The van der Waals surface area contributed by atoms with E-state index >= 15 is 0 Å². The zero-order valence-corrected chi connectivity index (χ0v) is 11.4. The lowest BCUT2D eigenvalue weighted by molar-refractivity contribution is -0.123. The van der Waals surface area contributed by atoms with Crippen LogP contribution in [0.2, 0.25) is 0 Å². The van der Waals surface area contributed by atoms with Gasteiger partial charge in [0.05, 0.1) is 19.8 Å². The van der Waals surface area contributed by atoms with E-state index in [1.807, 2.05) is 0 Å². The molecular formula is C13H18ClFN2O2. The molecule has 1 saturated heterocycles. The smallest absolute Gasteiger partial charge is 0.234 e. The Labute approximate surface area is 118 Å². The number of rotatable bonds is 4. The first-order valence-corrected chi connectivity index (χ1v) is 6.05. The average molecular weight is 289 g/mol. The van der Waals surface area contributed by atoms with Gasteiger partial charge in [-0.1, -0.05) is 12.1 Å². The van der Waals surface area contributed by atoms with Gasteiger partial charge >= 0.3 is 0 Å². The van der Waals surface area contributed by atoms with E-state index in [1.165, 1.54) is 12.1 Å². The highest BCUT2D eigenvalue weighted by Crippen LogP contribution is 2.02. The summed E-state index contributed by atoms with van der Waals surface area (Å²) in [6.45, 7) is 3.79. The molecule has 0 bridgehead atoms. The van der Waals surface area contributed by atoms with E-state index in [4.69, 9.17) is 4.74 Å². The molecule has 4 nitrogen and oxygen atoms in total. The van der Waals surface area contributed by atoms with E-state index in [0.29, 0.717) is 26.3 Å². The molecule has 1 aromatic carbocycles. The third kappa shape index (κ3) is 5.55. The van der Waals surface area contributed by atoms with Gasteiger partial charge in [0.25, 0.3) is 0 Å². The largest absolute Gasteiger partial charge is 0.379 e. The van der Waals surface area contributed by atoms with Crippen LogP contribution in [0, 0.1) is 5.82 Å². The summed E-state index contributed by atoms with van der Waals surface area (Å²) < 4.78 is 17.9. The van der Waals surface area contributed by atoms with Crippen LogP contribution in [-0.4, -0.2) is 43.7 Å². The van der Waals surface area contributed by atoms with Crippen molar-refractivity contribution in [2.24, 2.45) is 0 Å². The number of nitrogens with one attached hydrogen (secondary N) is 1. The molecule has 0 atom stereocenters. The monoisotopic (exact) mass is 288 g/mol. The fourth-order valence-electron chi connectivity index (χ4n) is 1.82. The maximum Gasteiger partial charge on any atom is 0.234 e. The highest BCUT2D eigenvalue weighted by Gasteiger charge is 2.13. The maximum absolute atomic E-state index is 12.7. The fourth-order valence-corrected chi connectivity index (χ4v) is 1.82. The summed E-state index contributed by atoms with van der Waals surface area (Å²) in [6.07, 6.45) is 0. The third-order valence-electron chi connectivity index (χ3n) is 2.87. The Morgan fingerprint density at radius 1 is 1.26 bits per heavy atom. The third-order valence-corrected chi connectivity index (χ3v) is 2.87. The van der Waals surface area contributed by atoms with E-state index in [0.717, 1.165) is 18.7 Å². The van der Waals surface area contributed by atoms with Crippen LogP contribution in [0.25, 0.3) is 0 Å². The number of carbonyl (C=O) groups excluding carboxylic acids is 1. The summed E-state index contributed by atoms with van der Waals surface area (Å²) in [5.41, 5.74) is 0.895. The Morgan fingerprint density at radius 2 is 1.89 bits per heavy atom. The molecule has 106 valence electrons. The molecule has 0 aliphatic carbocycles. The van der Waals surface area contributed by atoms with Crippen LogP contribution in [0.15, 0.2) is 24.3 Å². The minimum Gasteiger partial charge on any atom is -0.379 e. The van der Waals surface area contributed by atoms with Gasteiger partial charge < -0.3 is 10.1 Å². The molecule has 0 saturated carbocycles. The molecule has 1 aliphatic rings. The van der Waals surface area contributed by atoms with Gasteiger partial charge in [-0.05, 0) is 17.7 Å². The minimum absolute atomic E-state index is 0. The van der Waals surface area contributed by atoms with E-state index < -0.39 is 0 Å². The van der Waals surface area contributed by atoms with Crippen molar-refractivity contribution in [1.29, 1.82) is 0 Å². The standard InChI is InChI=1S/C13H17FN2O2.ClH/c14-12-3-1-11(2-4-12)9-15-13(17)10-16-5-7-18-8-6-16;/h1-4H,5-10H2,(H,15,17);1H. The number of amides is 1. The maximum atomic E-state index is 12.7. The van der Waals surface area contributed by atoms with E-state index in [2.05, 4.69) is 10.2 Å².